The molecule has 2 rings (SSSR count). The van der Waals surface area contributed by atoms with Crippen molar-refractivity contribution in [3.8, 4) is 0 Å². The molecule has 1 aromatic heterocycles. The number of carboxylic acid groups (broad SMARTS) is 1. The van der Waals surface area contributed by atoms with E-state index in [0.29, 0.717) is 5.69 Å². The van der Waals surface area contributed by atoms with Crippen molar-refractivity contribution in [3.63, 3.8) is 0 Å². The number of aromatic nitrogens is 2. The quantitative estimate of drug-likeness (QED) is 0.651. The molecular formula is C10H13N3O3. The SMILES string of the molecule is O=C(Cc1ccn[nH]1)NC(C(=O)O)C1CC1. The highest BCUT2D eigenvalue weighted by molar-refractivity contribution is 5.85. The highest BCUT2D eigenvalue weighted by Gasteiger charge is 2.37. The number of H-pyrrole nitrogens is 1. The fraction of sp³-hybridized carbons (Fsp3) is 0.500. The smallest absolute Gasteiger partial charge is 0.326 e. The lowest BCUT2D eigenvalue weighted by Gasteiger charge is -2.12. The Morgan fingerprint density at radius 1 is 1.62 bits per heavy atom. The summed E-state index contributed by atoms with van der Waals surface area (Å²) in [5.74, 6) is -1.15. The molecule has 16 heavy (non-hydrogen) atoms. The standard InChI is InChI=1S/C10H13N3O3/c14-8(5-7-3-4-11-13-7)12-9(10(15)16)6-1-2-6/h3-4,6,9H,1-2,5H2,(H,11,13)(H,12,14)(H,15,16). The monoisotopic (exact) mass is 223 g/mol. The number of aliphatic carboxylic acids is 1. The van der Waals surface area contributed by atoms with Gasteiger partial charge in [0, 0.05) is 11.9 Å². The molecule has 1 aliphatic rings. The van der Waals surface area contributed by atoms with Crippen molar-refractivity contribution in [2.24, 2.45) is 5.92 Å². The van der Waals surface area contributed by atoms with Gasteiger partial charge in [-0.05, 0) is 24.8 Å². The number of hydrogen-bond acceptors (Lipinski definition) is 3. The van der Waals surface area contributed by atoms with Crippen LogP contribution in [0.5, 0.6) is 0 Å². The summed E-state index contributed by atoms with van der Waals surface area (Å²) in [6, 6.07) is 0.947. The van der Waals surface area contributed by atoms with Crippen molar-refractivity contribution in [1.82, 2.24) is 15.5 Å². The summed E-state index contributed by atoms with van der Waals surface area (Å²) < 4.78 is 0. The van der Waals surface area contributed by atoms with Gasteiger partial charge in [0.15, 0.2) is 0 Å². The van der Waals surface area contributed by atoms with Gasteiger partial charge < -0.3 is 10.4 Å². The third kappa shape index (κ3) is 2.59. The Labute approximate surface area is 92.0 Å². The van der Waals surface area contributed by atoms with E-state index in [4.69, 9.17) is 5.11 Å². The third-order valence-electron chi connectivity index (χ3n) is 2.59. The van der Waals surface area contributed by atoms with Gasteiger partial charge in [0.05, 0.1) is 6.42 Å². The Morgan fingerprint density at radius 2 is 2.38 bits per heavy atom. The summed E-state index contributed by atoms with van der Waals surface area (Å²) in [6.07, 6.45) is 3.44. The Balaban J connectivity index is 1.88. The highest BCUT2D eigenvalue weighted by atomic mass is 16.4. The van der Waals surface area contributed by atoms with Gasteiger partial charge in [0.25, 0.3) is 0 Å². The van der Waals surface area contributed by atoms with Gasteiger partial charge in [-0.1, -0.05) is 0 Å². The molecule has 1 fully saturated rings. The molecule has 0 bridgehead atoms. The molecular weight excluding hydrogens is 210 g/mol. The third-order valence-corrected chi connectivity index (χ3v) is 2.59. The molecule has 1 aliphatic carbocycles. The molecule has 0 aromatic carbocycles. The summed E-state index contributed by atoms with van der Waals surface area (Å²) in [7, 11) is 0. The summed E-state index contributed by atoms with van der Waals surface area (Å²) in [4.78, 5) is 22.4. The lowest BCUT2D eigenvalue weighted by atomic mass is 10.2. The zero-order valence-electron chi connectivity index (χ0n) is 8.64. The number of rotatable bonds is 5. The van der Waals surface area contributed by atoms with E-state index in [-0.39, 0.29) is 18.2 Å². The number of carbonyl (C=O) groups is 2. The molecule has 3 N–H and O–H groups in total. The number of amides is 1. The van der Waals surface area contributed by atoms with Gasteiger partial charge >= 0.3 is 5.97 Å². The lowest BCUT2D eigenvalue weighted by molar-refractivity contribution is -0.142. The Bertz CT molecular complexity index is 384. The minimum absolute atomic E-state index is 0.100. The topological polar surface area (TPSA) is 95.1 Å². The van der Waals surface area contributed by atoms with Crippen LogP contribution < -0.4 is 5.32 Å². The molecule has 1 atom stereocenters. The fourth-order valence-electron chi connectivity index (χ4n) is 1.59. The fourth-order valence-corrected chi connectivity index (χ4v) is 1.59. The van der Waals surface area contributed by atoms with E-state index in [0.717, 1.165) is 12.8 Å². The molecule has 1 unspecified atom stereocenters. The van der Waals surface area contributed by atoms with Crippen LogP contribution in [0.15, 0.2) is 12.3 Å². The van der Waals surface area contributed by atoms with Crippen molar-refractivity contribution in [2.75, 3.05) is 0 Å². The molecule has 86 valence electrons. The van der Waals surface area contributed by atoms with Crippen molar-refractivity contribution in [3.05, 3.63) is 18.0 Å². The second-order valence-corrected chi connectivity index (χ2v) is 3.98. The van der Waals surface area contributed by atoms with Crippen molar-refractivity contribution >= 4 is 11.9 Å². The Morgan fingerprint density at radius 3 is 2.88 bits per heavy atom. The van der Waals surface area contributed by atoms with E-state index in [1.165, 1.54) is 0 Å². The summed E-state index contributed by atoms with van der Waals surface area (Å²) in [5, 5.41) is 17.8. The van der Waals surface area contributed by atoms with E-state index in [9.17, 15) is 9.59 Å². The maximum atomic E-state index is 11.5. The first-order valence-corrected chi connectivity index (χ1v) is 5.17. The molecule has 1 amide bonds. The van der Waals surface area contributed by atoms with Crippen LogP contribution in [0.4, 0.5) is 0 Å². The summed E-state index contributed by atoms with van der Waals surface area (Å²) in [6.45, 7) is 0. The lowest BCUT2D eigenvalue weighted by Crippen LogP contribution is -2.43. The van der Waals surface area contributed by atoms with Gasteiger partial charge in [-0.3, -0.25) is 9.89 Å². The predicted molar refractivity (Wildman–Crippen MR) is 54.6 cm³/mol. The second kappa shape index (κ2) is 4.34. The second-order valence-electron chi connectivity index (χ2n) is 3.98. The molecule has 0 aliphatic heterocycles. The number of carboxylic acids is 1. The zero-order chi connectivity index (χ0) is 11.5. The minimum Gasteiger partial charge on any atom is -0.480 e. The number of nitrogens with one attached hydrogen (secondary N) is 2. The maximum Gasteiger partial charge on any atom is 0.326 e. The van der Waals surface area contributed by atoms with Crippen molar-refractivity contribution in [2.45, 2.75) is 25.3 Å². The van der Waals surface area contributed by atoms with Gasteiger partial charge in [-0.2, -0.15) is 5.10 Å². The average Bonchev–Trinajstić information content (AvgIpc) is 2.94. The Kier molecular flexibility index (Phi) is 2.89. The van der Waals surface area contributed by atoms with Crippen LogP contribution in [0.1, 0.15) is 18.5 Å². The van der Waals surface area contributed by atoms with E-state index >= 15 is 0 Å². The van der Waals surface area contributed by atoms with Crippen LogP contribution in [-0.2, 0) is 16.0 Å². The van der Waals surface area contributed by atoms with E-state index in [2.05, 4.69) is 15.5 Å². The minimum atomic E-state index is -0.958. The molecule has 1 saturated carbocycles. The van der Waals surface area contributed by atoms with Gasteiger partial charge in [-0.15, -0.1) is 0 Å². The van der Waals surface area contributed by atoms with E-state index in [1.54, 1.807) is 12.3 Å². The maximum absolute atomic E-state index is 11.5. The Hall–Kier alpha value is -1.85. The van der Waals surface area contributed by atoms with Gasteiger partial charge in [-0.25, -0.2) is 4.79 Å². The normalized spacial score (nSPS) is 16.8. The summed E-state index contributed by atoms with van der Waals surface area (Å²) >= 11 is 0. The number of aromatic amines is 1. The van der Waals surface area contributed by atoms with E-state index in [1.807, 2.05) is 0 Å². The van der Waals surface area contributed by atoms with Crippen LogP contribution in [0.3, 0.4) is 0 Å². The van der Waals surface area contributed by atoms with E-state index < -0.39 is 12.0 Å². The first kappa shape index (κ1) is 10.7. The molecule has 0 radical (unpaired) electrons. The number of nitrogens with zero attached hydrogens (tertiary/aromatic N) is 1. The zero-order valence-corrected chi connectivity index (χ0v) is 8.64. The molecule has 6 heteroatoms. The van der Waals surface area contributed by atoms with Crippen molar-refractivity contribution < 1.29 is 14.7 Å². The van der Waals surface area contributed by atoms with Crippen LogP contribution in [0, 0.1) is 5.92 Å². The summed E-state index contributed by atoms with van der Waals surface area (Å²) in [5.41, 5.74) is 0.678. The molecule has 1 heterocycles. The predicted octanol–water partition coefficient (Wildman–Crippen LogP) is -0.0684. The average molecular weight is 223 g/mol. The van der Waals surface area contributed by atoms with Crippen LogP contribution in [0.2, 0.25) is 0 Å². The number of carbonyl (C=O) groups excluding carboxylic acids is 1. The first-order chi connectivity index (χ1) is 7.66. The molecule has 1 aromatic rings. The molecule has 0 spiro atoms. The highest BCUT2D eigenvalue weighted by Crippen LogP contribution is 2.32. The van der Waals surface area contributed by atoms with Crippen LogP contribution >= 0.6 is 0 Å². The van der Waals surface area contributed by atoms with Gasteiger partial charge in [0.1, 0.15) is 6.04 Å². The van der Waals surface area contributed by atoms with Gasteiger partial charge in [0.2, 0.25) is 5.91 Å². The van der Waals surface area contributed by atoms with Crippen LogP contribution in [-0.4, -0.2) is 33.2 Å². The van der Waals surface area contributed by atoms with Crippen LogP contribution in [0.25, 0.3) is 0 Å². The van der Waals surface area contributed by atoms with Crippen molar-refractivity contribution in [1.29, 1.82) is 0 Å². The number of hydrogen-bond donors (Lipinski definition) is 3. The largest absolute Gasteiger partial charge is 0.480 e. The molecule has 6 nitrogen and oxygen atoms in total. The molecule has 0 saturated heterocycles. The first-order valence-electron chi connectivity index (χ1n) is 5.17.